The molecule has 4 rings (SSSR count). The lowest BCUT2D eigenvalue weighted by atomic mass is 9.95. The predicted molar refractivity (Wildman–Crippen MR) is 131 cm³/mol. The molecule has 1 aliphatic heterocycles. The molecule has 2 heterocycles. The number of Topliss-reactive ketones (excluding diaryl/α,β-unsaturated/α-hetero) is 1. The van der Waals surface area contributed by atoms with Crippen molar-refractivity contribution in [2.45, 2.75) is 26.3 Å². The smallest absolute Gasteiger partial charge is 0.301 e. The number of hydrogen-bond donors (Lipinski definition) is 2. The fourth-order valence-electron chi connectivity index (χ4n) is 3.84. The van der Waals surface area contributed by atoms with Gasteiger partial charge < -0.3 is 24.2 Å². The molecule has 2 aromatic carbocycles. The molecule has 2 N–H and O–H groups in total. The minimum Gasteiger partial charge on any atom is -0.507 e. The number of halogens is 1. The van der Waals surface area contributed by atoms with Gasteiger partial charge in [0.15, 0.2) is 17.3 Å². The second-order valence-electron chi connectivity index (χ2n) is 7.89. The van der Waals surface area contributed by atoms with Crippen LogP contribution in [0.25, 0.3) is 5.76 Å². The van der Waals surface area contributed by atoms with E-state index in [1.165, 1.54) is 19.2 Å². The maximum atomic E-state index is 13.2. The third-order valence-electron chi connectivity index (χ3n) is 5.49. The molecule has 1 aromatic heterocycles. The van der Waals surface area contributed by atoms with Gasteiger partial charge in [0.25, 0.3) is 5.78 Å². The number of benzene rings is 2. The Morgan fingerprint density at radius 2 is 1.91 bits per heavy atom. The van der Waals surface area contributed by atoms with Crippen molar-refractivity contribution < 1.29 is 33.8 Å². The quantitative estimate of drug-likeness (QED) is 0.246. The van der Waals surface area contributed by atoms with E-state index >= 15 is 0 Å². The van der Waals surface area contributed by atoms with Gasteiger partial charge >= 0.3 is 5.91 Å². The van der Waals surface area contributed by atoms with Gasteiger partial charge in [-0.05, 0) is 71.2 Å². The number of aliphatic hydroxyl groups excluding tert-OH is 1. The molecule has 10 heteroatoms. The first-order valence-corrected chi connectivity index (χ1v) is 11.6. The Hall–Kier alpha value is -3.79. The summed E-state index contributed by atoms with van der Waals surface area (Å²) in [6.07, 6.45) is 0.846. The lowest BCUT2D eigenvalue weighted by molar-refractivity contribution is -0.132. The van der Waals surface area contributed by atoms with Crippen LogP contribution in [0, 0.1) is 6.92 Å². The standard InChI is InChI=1S/C25H23BrN2O7/c1-4-9-34-16-7-5-14(6-8-16)22(29)20-21(15-11-17(26)23(30)18(12-15)33-3)28(25(32)24(20)31)19-10-13(2)35-27-19/h5-8,10-12,21,29-30H,4,9H2,1-3H3/b22-20+/t21-/m0/s1. The van der Waals surface area contributed by atoms with E-state index in [1.54, 1.807) is 37.3 Å². The summed E-state index contributed by atoms with van der Waals surface area (Å²) in [6.45, 7) is 4.20. The van der Waals surface area contributed by atoms with Crippen LogP contribution in [0.3, 0.4) is 0 Å². The number of carbonyl (C=O) groups excluding carboxylic acids is 2. The summed E-state index contributed by atoms with van der Waals surface area (Å²) in [5.74, 6) is -0.986. The number of rotatable bonds is 7. The molecule has 9 nitrogen and oxygen atoms in total. The van der Waals surface area contributed by atoms with E-state index in [0.717, 1.165) is 11.3 Å². The second-order valence-corrected chi connectivity index (χ2v) is 8.75. The minimum absolute atomic E-state index is 0.111. The lowest BCUT2D eigenvalue weighted by Gasteiger charge is -2.23. The van der Waals surface area contributed by atoms with Crippen LogP contribution < -0.4 is 14.4 Å². The van der Waals surface area contributed by atoms with E-state index in [1.807, 2.05) is 6.92 Å². The molecule has 0 spiro atoms. The van der Waals surface area contributed by atoms with E-state index in [-0.39, 0.29) is 33.1 Å². The molecule has 0 saturated carbocycles. The van der Waals surface area contributed by atoms with E-state index < -0.39 is 17.7 Å². The number of hydrogen-bond acceptors (Lipinski definition) is 8. The van der Waals surface area contributed by atoms with Crippen molar-refractivity contribution in [1.82, 2.24) is 5.16 Å². The monoisotopic (exact) mass is 542 g/mol. The maximum absolute atomic E-state index is 13.2. The highest BCUT2D eigenvalue weighted by Gasteiger charge is 2.48. The third-order valence-corrected chi connectivity index (χ3v) is 6.10. The van der Waals surface area contributed by atoms with Crippen molar-refractivity contribution in [3.05, 3.63) is 69.4 Å². The highest BCUT2D eigenvalue weighted by Crippen LogP contribution is 2.45. The van der Waals surface area contributed by atoms with Crippen LogP contribution in [0.15, 0.2) is 57.0 Å². The Bertz CT molecular complexity index is 1310. The van der Waals surface area contributed by atoms with Gasteiger partial charge in [-0.1, -0.05) is 12.1 Å². The van der Waals surface area contributed by atoms with Crippen molar-refractivity contribution >= 4 is 39.2 Å². The summed E-state index contributed by atoms with van der Waals surface area (Å²) in [5.41, 5.74) is 0.589. The first-order valence-electron chi connectivity index (χ1n) is 10.8. The summed E-state index contributed by atoms with van der Waals surface area (Å²) in [6, 6.07) is 10.1. The number of aromatic nitrogens is 1. The van der Waals surface area contributed by atoms with Crippen LogP contribution in [0.1, 0.15) is 36.3 Å². The zero-order valence-electron chi connectivity index (χ0n) is 19.2. The van der Waals surface area contributed by atoms with E-state index in [2.05, 4.69) is 21.1 Å². The van der Waals surface area contributed by atoms with E-state index in [4.69, 9.17) is 14.0 Å². The lowest BCUT2D eigenvalue weighted by Crippen LogP contribution is -2.29. The Morgan fingerprint density at radius 3 is 2.51 bits per heavy atom. The number of aromatic hydroxyl groups is 1. The Labute approximate surface area is 209 Å². The zero-order chi connectivity index (χ0) is 25.3. The maximum Gasteiger partial charge on any atom is 0.301 e. The Kier molecular flexibility index (Phi) is 6.83. The summed E-state index contributed by atoms with van der Waals surface area (Å²) in [7, 11) is 1.38. The number of carbonyl (C=O) groups is 2. The number of anilines is 1. The number of aryl methyl sites for hydroxylation is 1. The van der Waals surface area contributed by atoms with Gasteiger partial charge in [-0.25, -0.2) is 0 Å². The summed E-state index contributed by atoms with van der Waals surface area (Å²) < 4.78 is 16.3. The molecule has 35 heavy (non-hydrogen) atoms. The molecule has 1 fully saturated rings. The molecule has 0 bridgehead atoms. The first-order chi connectivity index (χ1) is 16.8. The molecule has 1 aliphatic rings. The van der Waals surface area contributed by atoms with E-state index in [0.29, 0.717) is 29.2 Å². The topological polar surface area (TPSA) is 122 Å². The minimum atomic E-state index is -1.07. The number of ether oxygens (including phenoxy) is 2. The summed E-state index contributed by atoms with van der Waals surface area (Å²) >= 11 is 3.28. The Morgan fingerprint density at radius 1 is 1.20 bits per heavy atom. The van der Waals surface area contributed by atoms with Crippen molar-refractivity contribution in [1.29, 1.82) is 0 Å². The van der Waals surface area contributed by atoms with Gasteiger partial charge in [0, 0.05) is 11.6 Å². The number of nitrogens with zero attached hydrogens (tertiary/aromatic N) is 2. The fourth-order valence-corrected chi connectivity index (χ4v) is 4.30. The molecule has 1 atom stereocenters. The highest BCUT2D eigenvalue weighted by atomic mass is 79.9. The predicted octanol–water partition coefficient (Wildman–Crippen LogP) is 4.87. The number of aliphatic hydroxyl groups is 1. The summed E-state index contributed by atoms with van der Waals surface area (Å²) in [5, 5.41) is 25.4. The normalized spacial score (nSPS) is 17.1. The number of phenols is 1. The van der Waals surface area contributed by atoms with Gasteiger partial charge in [-0.15, -0.1) is 0 Å². The van der Waals surface area contributed by atoms with Gasteiger partial charge in [0.2, 0.25) is 0 Å². The molecule has 0 unspecified atom stereocenters. The average Bonchev–Trinajstić information content (AvgIpc) is 3.39. The molecular formula is C25H23BrN2O7. The van der Waals surface area contributed by atoms with Gasteiger partial charge in [-0.3, -0.25) is 14.5 Å². The van der Waals surface area contributed by atoms with Crippen LogP contribution in [-0.4, -0.2) is 40.8 Å². The molecular weight excluding hydrogens is 520 g/mol. The molecule has 0 radical (unpaired) electrons. The third kappa shape index (κ3) is 4.49. The molecule has 182 valence electrons. The first kappa shape index (κ1) is 24.3. The van der Waals surface area contributed by atoms with Gasteiger partial charge in [0.1, 0.15) is 17.3 Å². The van der Waals surface area contributed by atoms with Gasteiger partial charge in [0.05, 0.1) is 29.8 Å². The molecule has 3 aromatic rings. The average molecular weight is 543 g/mol. The van der Waals surface area contributed by atoms with Crippen LogP contribution >= 0.6 is 15.9 Å². The van der Waals surface area contributed by atoms with E-state index in [9.17, 15) is 19.8 Å². The SMILES string of the molecule is CCCOc1ccc(/C(O)=C2\C(=O)C(=O)N(c3cc(C)on3)[C@H]2c2cc(Br)c(O)c(OC)c2)cc1. The van der Waals surface area contributed by atoms with Crippen LogP contribution in [-0.2, 0) is 9.59 Å². The largest absolute Gasteiger partial charge is 0.507 e. The second kappa shape index (κ2) is 9.83. The van der Waals surface area contributed by atoms with Gasteiger partial charge in [-0.2, -0.15) is 0 Å². The van der Waals surface area contributed by atoms with Crippen LogP contribution in [0.2, 0.25) is 0 Å². The molecule has 0 aliphatic carbocycles. The van der Waals surface area contributed by atoms with Crippen LogP contribution in [0.4, 0.5) is 5.82 Å². The molecule has 1 saturated heterocycles. The van der Waals surface area contributed by atoms with Crippen molar-refractivity contribution in [2.75, 3.05) is 18.6 Å². The highest BCUT2D eigenvalue weighted by molar-refractivity contribution is 9.10. The summed E-state index contributed by atoms with van der Waals surface area (Å²) in [4.78, 5) is 27.5. The van der Waals surface area contributed by atoms with Crippen molar-refractivity contribution in [2.24, 2.45) is 0 Å². The van der Waals surface area contributed by atoms with Crippen molar-refractivity contribution in [3.63, 3.8) is 0 Å². The number of ketones is 1. The number of amides is 1. The Balaban J connectivity index is 1.90. The van der Waals surface area contributed by atoms with Crippen molar-refractivity contribution in [3.8, 4) is 17.2 Å². The molecule has 1 amide bonds. The number of phenolic OH excluding ortho intramolecular Hbond substituents is 1. The fraction of sp³-hybridized carbons (Fsp3) is 0.240. The van der Waals surface area contributed by atoms with Crippen LogP contribution in [0.5, 0.6) is 17.2 Å². The number of methoxy groups -OCH3 is 1. The zero-order valence-corrected chi connectivity index (χ0v) is 20.8.